The fraction of sp³-hybridized carbons (Fsp3) is 0.562. The van der Waals surface area contributed by atoms with Crippen molar-refractivity contribution in [2.24, 2.45) is 5.92 Å². The van der Waals surface area contributed by atoms with Gasteiger partial charge >= 0.3 is 0 Å². The van der Waals surface area contributed by atoms with E-state index in [0.717, 1.165) is 30.9 Å². The third kappa shape index (κ3) is 3.29. The van der Waals surface area contributed by atoms with Crippen LogP contribution in [0.3, 0.4) is 0 Å². The molecule has 1 saturated carbocycles. The summed E-state index contributed by atoms with van der Waals surface area (Å²) in [6.45, 7) is 9.83. The predicted octanol–water partition coefficient (Wildman–Crippen LogP) is 2.03. The average Bonchev–Trinajstić information content (AvgIpc) is 3.26. The summed E-state index contributed by atoms with van der Waals surface area (Å²) in [5, 5.41) is 2.92. The molecule has 0 atom stereocenters. The highest BCUT2D eigenvalue weighted by atomic mass is 16.5. The number of aryl methyl sites for hydroxylation is 1. The van der Waals surface area contributed by atoms with Gasteiger partial charge in [-0.05, 0) is 37.3 Å². The van der Waals surface area contributed by atoms with E-state index in [9.17, 15) is 4.79 Å². The Morgan fingerprint density at radius 1 is 1.43 bits per heavy atom. The van der Waals surface area contributed by atoms with Gasteiger partial charge in [0.2, 0.25) is 0 Å². The summed E-state index contributed by atoms with van der Waals surface area (Å²) in [7, 11) is 0. The highest BCUT2D eigenvalue weighted by Gasteiger charge is 2.24. The second kappa shape index (κ2) is 5.93. The molecular weight excluding hydrogens is 268 g/mol. The zero-order chi connectivity index (χ0) is 14.8. The van der Waals surface area contributed by atoms with Gasteiger partial charge in [-0.25, -0.2) is 0 Å². The SMILES string of the molecule is C=C(c1oc(C(=O)NCC2CC2)cc1C)N1CCOCC1. The summed E-state index contributed by atoms with van der Waals surface area (Å²) in [5.41, 5.74) is 1.78. The number of carbonyl (C=O) groups is 1. The molecule has 1 saturated heterocycles. The van der Waals surface area contributed by atoms with E-state index in [-0.39, 0.29) is 5.91 Å². The number of amides is 1. The van der Waals surface area contributed by atoms with Crippen molar-refractivity contribution in [1.29, 1.82) is 0 Å². The van der Waals surface area contributed by atoms with Crippen LogP contribution in [0.2, 0.25) is 0 Å². The van der Waals surface area contributed by atoms with E-state index < -0.39 is 0 Å². The maximum absolute atomic E-state index is 12.1. The average molecular weight is 290 g/mol. The van der Waals surface area contributed by atoms with Gasteiger partial charge in [-0.3, -0.25) is 4.79 Å². The van der Waals surface area contributed by atoms with Gasteiger partial charge in [0.25, 0.3) is 5.91 Å². The molecule has 2 aliphatic rings. The Morgan fingerprint density at radius 3 is 2.81 bits per heavy atom. The fourth-order valence-electron chi connectivity index (χ4n) is 2.50. The van der Waals surface area contributed by atoms with Gasteiger partial charge in [0.1, 0.15) is 0 Å². The van der Waals surface area contributed by atoms with Crippen molar-refractivity contribution in [1.82, 2.24) is 10.2 Å². The lowest BCUT2D eigenvalue weighted by Crippen LogP contribution is -2.34. The van der Waals surface area contributed by atoms with Crippen LogP contribution in [0.5, 0.6) is 0 Å². The molecule has 0 spiro atoms. The Kier molecular flexibility index (Phi) is 4.01. The van der Waals surface area contributed by atoms with E-state index in [2.05, 4.69) is 16.8 Å². The van der Waals surface area contributed by atoms with Crippen LogP contribution in [0.1, 0.15) is 34.7 Å². The molecular formula is C16H22N2O3. The van der Waals surface area contributed by atoms with E-state index in [0.29, 0.717) is 30.7 Å². The van der Waals surface area contributed by atoms with Gasteiger partial charge in [0.05, 0.1) is 18.9 Å². The Labute approximate surface area is 124 Å². The maximum atomic E-state index is 12.1. The largest absolute Gasteiger partial charge is 0.449 e. The minimum Gasteiger partial charge on any atom is -0.449 e. The van der Waals surface area contributed by atoms with Crippen molar-refractivity contribution in [3.05, 3.63) is 29.7 Å². The van der Waals surface area contributed by atoms with Gasteiger partial charge in [-0.2, -0.15) is 0 Å². The molecule has 2 fully saturated rings. The quantitative estimate of drug-likeness (QED) is 0.901. The standard InChI is InChI=1S/C16H22N2O3/c1-11-9-14(16(19)17-10-13-3-4-13)21-15(11)12(2)18-5-7-20-8-6-18/h9,13H,2-8,10H2,1H3,(H,17,19). The van der Waals surface area contributed by atoms with Gasteiger partial charge in [-0.15, -0.1) is 0 Å². The molecule has 1 aliphatic carbocycles. The first-order valence-corrected chi connectivity index (χ1v) is 7.55. The Hall–Kier alpha value is -1.75. The summed E-state index contributed by atoms with van der Waals surface area (Å²) >= 11 is 0. The summed E-state index contributed by atoms with van der Waals surface area (Å²) in [6, 6.07) is 1.79. The molecule has 1 N–H and O–H groups in total. The molecule has 1 aromatic rings. The van der Waals surface area contributed by atoms with Gasteiger partial charge in [0, 0.05) is 19.6 Å². The van der Waals surface area contributed by atoms with Crippen molar-refractivity contribution in [3.8, 4) is 0 Å². The van der Waals surface area contributed by atoms with E-state index in [4.69, 9.17) is 9.15 Å². The van der Waals surface area contributed by atoms with Crippen molar-refractivity contribution < 1.29 is 13.9 Å². The molecule has 2 heterocycles. The molecule has 114 valence electrons. The second-order valence-corrected chi connectivity index (χ2v) is 5.82. The van der Waals surface area contributed by atoms with Crippen LogP contribution >= 0.6 is 0 Å². The molecule has 5 nitrogen and oxygen atoms in total. The fourth-order valence-corrected chi connectivity index (χ4v) is 2.50. The minimum absolute atomic E-state index is 0.133. The molecule has 0 bridgehead atoms. The van der Waals surface area contributed by atoms with E-state index in [1.54, 1.807) is 6.07 Å². The Bertz CT molecular complexity index is 540. The molecule has 3 rings (SSSR count). The highest BCUT2D eigenvalue weighted by molar-refractivity contribution is 5.92. The van der Waals surface area contributed by atoms with Crippen LogP contribution in [-0.2, 0) is 4.74 Å². The third-order valence-corrected chi connectivity index (χ3v) is 4.04. The minimum atomic E-state index is -0.133. The maximum Gasteiger partial charge on any atom is 0.287 e. The molecule has 5 heteroatoms. The van der Waals surface area contributed by atoms with Gasteiger partial charge in [0.15, 0.2) is 11.5 Å². The van der Waals surface area contributed by atoms with Crippen LogP contribution < -0.4 is 5.32 Å². The van der Waals surface area contributed by atoms with Crippen molar-refractivity contribution in [2.45, 2.75) is 19.8 Å². The monoisotopic (exact) mass is 290 g/mol. The number of furan rings is 1. The predicted molar refractivity (Wildman–Crippen MR) is 79.9 cm³/mol. The highest BCUT2D eigenvalue weighted by Crippen LogP contribution is 2.28. The van der Waals surface area contributed by atoms with Crippen LogP contribution in [0.25, 0.3) is 5.70 Å². The number of rotatable bonds is 5. The Balaban J connectivity index is 1.67. The second-order valence-electron chi connectivity index (χ2n) is 5.82. The third-order valence-electron chi connectivity index (χ3n) is 4.04. The van der Waals surface area contributed by atoms with Crippen molar-refractivity contribution in [2.75, 3.05) is 32.8 Å². The van der Waals surface area contributed by atoms with Crippen molar-refractivity contribution in [3.63, 3.8) is 0 Å². The normalized spacial score (nSPS) is 18.6. The summed E-state index contributed by atoms with van der Waals surface area (Å²) < 4.78 is 11.1. The number of nitrogens with one attached hydrogen (secondary N) is 1. The Morgan fingerprint density at radius 2 is 2.14 bits per heavy atom. The number of ether oxygens (including phenoxy) is 1. The van der Waals surface area contributed by atoms with Crippen LogP contribution in [0.4, 0.5) is 0 Å². The first kappa shape index (κ1) is 14.2. The summed E-state index contributed by atoms with van der Waals surface area (Å²) in [4.78, 5) is 14.2. The topological polar surface area (TPSA) is 54.7 Å². The first-order chi connectivity index (χ1) is 10.1. The number of hydrogen-bond donors (Lipinski definition) is 1. The number of morpholine rings is 1. The van der Waals surface area contributed by atoms with E-state index >= 15 is 0 Å². The summed E-state index contributed by atoms with van der Waals surface area (Å²) in [6.07, 6.45) is 2.44. The summed E-state index contributed by atoms with van der Waals surface area (Å²) in [5.74, 6) is 1.60. The molecule has 1 amide bonds. The van der Waals surface area contributed by atoms with Crippen molar-refractivity contribution >= 4 is 11.6 Å². The van der Waals surface area contributed by atoms with Crippen LogP contribution in [0, 0.1) is 12.8 Å². The lowest BCUT2D eigenvalue weighted by atomic mass is 10.2. The molecule has 21 heavy (non-hydrogen) atoms. The van der Waals surface area contributed by atoms with Gasteiger partial charge in [-0.1, -0.05) is 6.58 Å². The number of carbonyl (C=O) groups excluding carboxylic acids is 1. The van der Waals surface area contributed by atoms with Crippen LogP contribution in [-0.4, -0.2) is 43.7 Å². The lowest BCUT2D eigenvalue weighted by molar-refractivity contribution is 0.0632. The first-order valence-electron chi connectivity index (χ1n) is 7.55. The molecule has 0 unspecified atom stereocenters. The van der Waals surface area contributed by atoms with Crippen LogP contribution in [0.15, 0.2) is 17.1 Å². The molecule has 0 radical (unpaired) electrons. The molecule has 0 aromatic carbocycles. The smallest absolute Gasteiger partial charge is 0.287 e. The zero-order valence-electron chi connectivity index (χ0n) is 12.5. The number of nitrogens with zero attached hydrogens (tertiary/aromatic N) is 1. The molecule has 1 aromatic heterocycles. The lowest BCUT2D eigenvalue weighted by Gasteiger charge is -2.29. The zero-order valence-corrected chi connectivity index (χ0v) is 12.5. The van der Waals surface area contributed by atoms with E-state index in [1.165, 1.54) is 12.8 Å². The number of hydrogen-bond acceptors (Lipinski definition) is 4. The van der Waals surface area contributed by atoms with Gasteiger partial charge < -0.3 is 19.4 Å². The van der Waals surface area contributed by atoms with E-state index in [1.807, 2.05) is 6.92 Å². The molecule has 1 aliphatic heterocycles.